The van der Waals surface area contributed by atoms with Crippen LogP contribution in [0.2, 0.25) is 0 Å². The van der Waals surface area contributed by atoms with E-state index in [1.807, 2.05) is 0 Å². The summed E-state index contributed by atoms with van der Waals surface area (Å²) >= 11 is 1.51. The quantitative estimate of drug-likeness (QED) is 0.786. The summed E-state index contributed by atoms with van der Waals surface area (Å²) in [6.07, 6.45) is 7.54. The fourth-order valence-corrected chi connectivity index (χ4v) is 4.12. The molecule has 0 fully saturated rings. The molecule has 7 heteroatoms. The van der Waals surface area contributed by atoms with E-state index in [0.29, 0.717) is 21.9 Å². The van der Waals surface area contributed by atoms with Crippen molar-refractivity contribution in [2.24, 2.45) is 0 Å². The van der Waals surface area contributed by atoms with E-state index in [4.69, 9.17) is 0 Å². The number of anilines is 1. The van der Waals surface area contributed by atoms with Gasteiger partial charge in [-0.15, -0.1) is 11.3 Å². The van der Waals surface area contributed by atoms with Crippen LogP contribution in [-0.4, -0.2) is 20.5 Å². The van der Waals surface area contributed by atoms with Crippen molar-refractivity contribution < 1.29 is 4.79 Å². The predicted molar refractivity (Wildman–Crippen MR) is 86.6 cm³/mol. The number of amides is 1. The third-order valence-electron chi connectivity index (χ3n) is 3.98. The topological polar surface area (TPSA) is 83.1 Å². The smallest absolute Gasteiger partial charge is 0.276 e. The molecular formula is C16H13N5OS. The van der Waals surface area contributed by atoms with Gasteiger partial charge in [-0.2, -0.15) is 10.4 Å². The van der Waals surface area contributed by atoms with Gasteiger partial charge in [0.05, 0.1) is 5.56 Å². The monoisotopic (exact) mass is 323 g/mol. The summed E-state index contributed by atoms with van der Waals surface area (Å²) in [6.45, 7) is 0. The molecule has 3 heterocycles. The number of carbonyl (C=O) groups excluding carboxylic acids is 1. The Hall–Kier alpha value is -2.72. The largest absolute Gasteiger partial charge is 0.311 e. The Morgan fingerprint density at radius 3 is 3.09 bits per heavy atom. The minimum absolute atomic E-state index is 0.291. The van der Waals surface area contributed by atoms with Crippen LogP contribution in [0.4, 0.5) is 5.00 Å². The third kappa shape index (κ3) is 2.37. The molecule has 1 aliphatic carbocycles. The first-order valence-electron chi connectivity index (χ1n) is 7.42. The summed E-state index contributed by atoms with van der Waals surface area (Å²) in [7, 11) is 0. The SMILES string of the molecule is N#Cc1c(NC(=O)c2cc3ncccn3n2)sc2c1CCCC2. The summed E-state index contributed by atoms with van der Waals surface area (Å²) in [5.41, 5.74) is 2.62. The Morgan fingerprint density at radius 1 is 1.39 bits per heavy atom. The number of hydrogen-bond acceptors (Lipinski definition) is 5. The first-order chi connectivity index (χ1) is 11.3. The van der Waals surface area contributed by atoms with Crippen molar-refractivity contribution in [1.29, 1.82) is 5.26 Å². The Morgan fingerprint density at radius 2 is 2.26 bits per heavy atom. The summed E-state index contributed by atoms with van der Waals surface area (Å²) < 4.78 is 1.56. The minimum Gasteiger partial charge on any atom is -0.311 e. The van der Waals surface area contributed by atoms with Crippen LogP contribution in [0.1, 0.15) is 39.3 Å². The molecule has 4 rings (SSSR count). The van der Waals surface area contributed by atoms with E-state index in [0.717, 1.165) is 31.2 Å². The second-order valence-electron chi connectivity index (χ2n) is 5.43. The lowest BCUT2D eigenvalue weighted by molar-refractivity contribution is 0.102. The zero-order valence-electron chi connectivity index (χ0n) is 12.2. The Kier molecular flexibility index (Phi) is 3.32. The summed E-state index contributed by atoms with van der Waals surface area (Å²) in [5, 5.41) is 17.1. The summed E-state index contributed by atoms with van der Waals surface area (Å²) in [5.74, 6) is -0.314. The van der Waals surface area contributed by atoms with E-state index >= 15 is 0 Å². The number of fused-ring (bicyclic) bond motifs is 2. The van der Waals surface area contributed by atoms with Crippen molar-refractivity contribution >= 4 is 27.9 Å². The number of nitrogens with one attached hydrogen (secondary N) is 1. The Labute approximate surface area is 136 Å². The van der Waals surface area contributed by atoms with Gasteiger partial charge in [0.1, 0.15) is 11.1 Å². The van der Waals surface area contributed by atoms with E-state index in [1.54, 1.807) is 29.0 Å². The molecule has 0 aliphatic heterocycles. The second-order valence-corrected chi connectivity index (χ2v) is 6.54. The van der Waals surface area contributed by atoms with Gasteiger partial charge in [0.15, 0.2) is 11.3 Å². The second kappa shape index (κ2) is 5.48. The van der Waals surface area contributed by atoms with Gasteiger partial charge in [0.2, 0.25) is 0 Å². The van der Waals surface area contributed by atoms with Crippen molar-refractivity contribution in [2.75, 3.05) is 5.32 Å². The maximum absolute atomic E-state index is 12.4. The normalized spacial score (nSPS) is 13.5. The third-order valence-corrected chi connectivity index (χ3v) is 5.19. The molecule has 6 nitrogen and oxygen atoms in total. The molecule has 1 amide bonds. The summed E-state index contributed by atoms with van der Waals surface area (Å²) in [4.78, 5) is 17.8. The number of aromatic nitrogens is 3. The lowest BCUT2D eigenvalue weighted by Gasteiger charge is -2.09. The molecule has 3 aromatic heterocycles. The fourth-order valence-electron chi connectivity index (χ4n) is 2.88. The molecular weight excluding hydrogens is 310 g/mol. The number of aryl methyl sites for hydroxylation is 1. The number of carbonyl (C=O) groups is 1. The van der Waals surface area contributed by atoms with E-state index in [-0.39, 0.29) is 5.91 Å². The molecule has 0 aromatic carbocycles. The number of nitriles is 1. The lowest BCUT2D eigenvalue weighted by atomic mass is 9.96. The minimum atomic E-state index is -0.314. The van der Waals surface area contributed by atoms with Gasteiger partial charge in [-0.3, -0.25) is 4.79 Å². The standard InChI is InChI=1S/C16H13N5OS/c17-9-11-10-4-1-2-5-13(10)23-16(11)19-15(22)12-8-14-18-6-3-7-21(14)20-12/h3,6-8H,1-2,4-5H2,(H,19,22). The highest BCUT2D eigenvalue weighted by molar-refractivity contribution is 7.16. The van der Waals surface area contributed by atoms with Crippen LogP contribution in [0.25, 0.3) is 5.65 Å². The maximum atomic E-state index is 12.4. The number of rotatable bonds is 2. The van der Waals surface area contributed by atoms with Crippen molar-refractivity contribution in [2.45, 2.75) is 25.7 Å². The average molecular weight is 323 g/mol. The highest BCUT2D eigenvalue weighted by atomic mass is 32.1. The van der Waals surface area contributed by atoms with Gasteiger partial charge in [-0.25, -0.2) is 9.50 Å². The van der Waals surface area contributed by atoms with E-state index in [2.05, 4.69) is 21.5 Å². The van der Waals surface area contributed by atoms with Crippen LogP contribution in [0.5, 0.6) is 0 Å². The first kappa shape index (κ1) is 13.9. The molecule has 0 spiro atoms. The highest BCUT2D eigenvalue weighted by Crippen LogP contribution is 2.37. The van der Waals surface area contributed by atoms with Gasteiger partial charge >= 0.3 is 0 Å². The van der Waals surface area contributed by atoms with Crippen molar-refractivity contribution in [3.63, 3.8) is 0 Å². The van der Waals surface area contributed by atoms with Gasteiger partial charge in [-0.1, -0.05) is 0 Å². The zero-order valence-corrected chi connectivity index (χ0v) is 13.1. The Bertz CT molecular complexity index is 916. The van der Waals surface area contributed by atoms with Gasteiger partial charge in [0, 0.05) is 23.3 Å². The number of hydrogen-bond donors (Lipinski definition) is 1. The van der Waals surface area contributed by atoms with Gasteiger partial charge < -0.3 is 5.32 Å². The molecule has 114 valence electrons. The predicted octanol–water partition coefficient (Wildman–Crippen LogP) is 2.79. The van der Waals surface area contributed by atoms with E-state index in [9.17, 15) is 10.1 Å². The number of nitrogens with zero attached hydrogens (tertiary/aromatic N) is 4. The van der Waals surface area contributed by atoms with Crippen LogP contribution in [0.15, 0.2) is 24.5 Å². The van der Waals surface area contributed by atoms with Gasteiger partial charge in [-0.05, 0) is 37.3 Å². The molecule has 1 N–H and O–H groups in total. The van der Waals surface area contributed by atoms with E-state index in [1.165, 1.54) is 16.2 Å². The molecule has 0 unspecified atom stereocenters. The fraction of sp³-hybridized carbons (Fsp3) is 0.250. The number of thiophene rings is 1. The molecule has 23 heavy (non-hydrogen) atoms. The Balaban J connectivity index is 1.66. The molecule has 0 bridgehead atoms. The first-order valence-corrected chi connectivity index (χ1v) is 8.24. The van der Waals surface area contributed by atoms with Crippen LogP contribution in [0, 0.1) is 11.3 Å². The van der Waals surface area contributed by atoms with Crippen LogP contribution in [0.3, 0.4) is 0 Å². The van der Waals surface area contributed by atoms with Crippen LogP contribution >= 0.6 is 11.3 Å². The van der Waals surface area contributed by atoms with E-state index < -0.39 is 0 Å². The molecule has 0 saturated heterocycles. The molecule has 0 radical (unpaired) electrons. The molecule has 0 saturated carbocycles. The average Bonchev–Trinajstić information content (AvgIpc) is 3.15. The maximum Gasteiger partial charge on any atom is 0.276 e. The van der Waals surface area contributed by atoms with Crippen LogP contribution < -0.4 is 5.32 Å². The molecule has 0 atom stereocenters. The van der Waals surface area contributed by atoms with Crippen molar-refractivity contribution in [1.82, 2.24) is 14.6 Å². The zero-order chi connectivity index (χ0) is 15.8. The van der Waals surface area contributed by atoms with Crippen molar-refractivity contribution in [3.05, 3.63) is 46.2 Å². The van der Waals surface area contributed by atoms with Gasteiger partial charge in [0.25, 0.3) is 5.91 Å². The van der Waals surface area contributed by atoms with Crippen LogP contribution in [-0.2, 0) is 12.8 Å². The lowest BCUT2D eigenvalue weighted by Crippen LogP contribution is -2.12. The molecule has 3 aromatic rings. The summed E-state index contributed by atoms with van der Waals surface area (Å²) in [6, 6.07) is 5.63. The highest BCUT2D eigenvalue weighted by Gasteiger charge is 2.22. The molecule has 1 aliphatic rings. The van der Waals surface area contributed by atoms with Crippen molar-refractivity contribution in [3.8, 4) is 6.07 Å².